The van der Waals surface area contributed by atoms with Crippen LogP contribution in [-0.4, -0.2) is 39.8 Å². The topological polar surface area (TPSA) is 117 Å². The lowest BCUT2D eigenvalue weighted by molar-refractivity contribution is -0.115. The summed E-state index contributed by atoms with van der Waals surface area (Å²) in [7, 11) is 1.57. The number of anilines is 1. The Hall–Kier alpha value is -3.88. The molecule has 1 aliphatic rings. The van der Waals surface area contributed by atoms with Crippen molar-refractivity contribution in [2.45, 2.75) is 19.4 Å². The summed E-state index contributed by atoms with van der Waals surface area (Å²) in [6, 6.07) is 15.0. The number of allylic oxidation sites excluding steroid dienone is 1. The van der Waals surface area contributed by atoms with E-state index in [1.807, 2.05) is 36.4 Å². The molecule has 0 saturated carbocycles. The van der Waals surface area contributed by atoms with E-state index in [4.69, 9.17) is 15.2 Å². The van der Waals surface area contributed by atoms with Crippen LogP contribution < -0.4 is 20.5 Å². The summed E-state index contributed by atoms with van der Waals surface area (Å²) in [5.41, 5.74) is 8.60. The highest BCUT2D eigenvalue weighted by Gasteiger charge is 2.33. The zero-order valence-electron chi connectivity index (χ0n) is 16.7. The summed E-state index contributed by atoms with van der Waals surface area (Å²) >= 11 is 0. The molecular formula is C21H22N6O3. The average molecular weight is 406 g/mol. The van der Waals surface area contributed by atoms with E-state index in [0.29, 0.717) is 35.3 Å². The van der Waals surface area contributed by atoms with Gasteiger partial charge in [-0.3, -0.25) is 4.79 Å². The number of hydrogen-bond donors (Lipinski definition) is 2. The van der Waals surface area contributed by atoms with Gasteiger partial charge in [0, 0.05) is 12.1 Å². The van der Waals surface area contributed by atoms with Crippen LogP contribution in [0.25, 0.3) is 0 Å². The van der Waals surface area contributed by atoms with Crippen molar-refractivity contribution in [3.8, 4) is 11.5 Å². The fourth-order valence-electron chi connectivity index (χ4n) is 3.54. The van der Waals surface area contributed by atoms with Gasteiger partial charge in [0.1, 0.15) is 6.04 Å². The number of carbonyl (C=O) groups is 1. The molecule has 0 aliphatic carbocycles. The lowest BCUT2D eigenvalue weighted by atomic mass is 9.95. The van der Waals surface area contributed by atoms with E-state index < -0.39 is 11.9 Å². The second kappa shape index (κ2) is 8.24. The molecule has 4 rings (SSSR count). The van der Waals surface area contributed by atoms with E-state index in [1.54, 1.807) is 14.0 Å². The summed E-state index contributed by atoms with van der Waals surface area (Å²) in [6.45, 7) is 2.28. The van der Waals surface area contributed by atoms with Crippen LogP contribution in [0.3, 0.4) is 0 Å². The third kappa shape index (κ3) is 3.69. The Morgan fingerprint density at radius 1 is 1.20 bits per heavy atom. The molecule has 2 heterocycles. The van der Waals surface area contributed by atoms with Gasteiger partial charge in [-0.1, -0.05) is 41.5 Å². The fourth-order valence-corrected chi connectivity index (χ4v) is 3.54. The lowest BCUT2D eigenvalue weighted by Crippen LogP contribution is -2.31. The van der Waals surface area contributed by atoms with E-state index in [9.17, 15) is 4.79 Å². The minimum atomic E-state index is -0.569. The summed E-state index contributed by atoms with van der Waals surface area (Å²) in [6.07, 6.45) is 0.780. The van der Waals surface area contributed by atoms with E-state index in [0.717, 1.165) is 12.0 Å². The van der Waals surface area contributed by atoms with Gasteiger partial charge in [0.2, 0.25) is 11.9 Å². The molecule has 3 N–H and O–H groups in total. The van der Waals surface area contributed by atoms with Crippen molar-refractivity contribution in [2.24, 2.45) is 5.73 Å². The molecule has 1 atom stereocenters. The van der Waals surface area contributed by atoms with Gasteiger partial charge in [0.15, 0.2) is 11.5 Å². The first-order valence-electron chi connectivity index (χ1n) is 9.48. The molecule has 0 radical (unpaired) electrons. The Kier molecular flexibility index (Phi) is 5.34. The van der Waals surface area contributed by atoms with Crippen LogP contribution in [0, 0.1) is 0 Å². The number of carbonyl (C=O) groups excluding carboxylic acids is 1. The maximum Gasteiger partial charge on any atom is 0.248 e. The minimum Gasteiger partial charge on any atom is -0.493 e. The zero-order chi connectivity index (χ0) is 21.1. The Morgan fingerprint density at radius 2 is 2.00 bits per heavy atom. The maximum atomic E-state index is 12.2. The van der Waals surface area contributed by atoms with Crippen LogP contribution in [0.4, 0.5) is 5.95 Å². The number of hydrogen-bond acceptors (Lipinski definition) is 7. The number of nitrogens with zero attached hydrogens (tertiary/aromatic N) is 4. The summed E-state index contributed by atoms with van der Waals surface area (Å²) in [4.78, 5) is 12.2. The predicted molar refractivity (Wildman–Crippen MR) is 110 cm³/mol. The Labute approximate surface area is 173 Å². The van der Waals surface area contributed by atoms with Crippen molar-refractivity contribution in [3.63, 3.8) is 0 Å². The van der Waals surface area contributed by atoms with Gasteiger partial charge in [0.05, 0.1) is 19.3 Å². The van der Waals surface area contributed by atoms with Gasteiger partial charge in [0.25, 0.3) is 0 Å². The zero-order valence-corrected chi connectivity index (χ0v) is 16.7. The number of benzene rings is 2. The van der Waals surface area contributed by atoms with Gasteiger partial charge in [-0.25, -0.2) is 0 Å². The average Bonchev–Trinajstić information content (AvgIpc) is 3.21. The lowest BCUT2D eigenvalue weighted by Gasteiger charge is -2.27. The van der Waals surface area contributed by atoms with E-state index in [-0.39, 0.29) is 0 Å². The molecule has 2 aromatic carbocycles. The second-order valence-corrected chi connectivity index (χ2v) is 6.87. The highest BCUT2D eigenvalue weighted by molar-refractivity contribution is 5.95. The summed E-state index contributed by atoms with van der Waals surface area (Å²) in [5, 5.41) is 14.7. The van der Waals surface area contributed by atoms with Crippen LogP contribution in [0.5, 0.6) is 11.5 Å². The van der Waals surface area contributed by atoms with Crippen molar-refractivity contribution in [2.75, 3.05) is 19.0 Å². The van der Waals surface area contributed by atoms with Crippen molar-refractivity contribution < 1.29 is 14.3 Å². The minimum absolute atomic E-state index is 0.384. The van der Waals surface area contributed by atoms with Gasteiger partial charge in [-0.15, -0.1) is 0 Å². The first-order valence-corrected chi connectivity index (χ1v) is 9.48. The first kappa shape index (κ1) is 19.4. The van der Waals surface area contributed by atoms with Crippen LogP contribution >= 0.6 is 0 Å². The number of tetrazole rings is 1. The Balaban J connectivity index is 1.61. The van der Waals surface area contributed by atoms with Crippen molar-refractivity contribution >= 4 is 11.9 Å². The predicted octanol–water partition coefficient (Wildman–Crippen LogP) is 2.08. The molecule has 9 nitrogen and oxygen atoms in total. The standard InChI is InChI=1S/C21H22N6O3/c1-13-18(20(22)28)19(27-21(23-13)24-25-26-27)15-8-9-16(17(12-15)29-2)30-11-10-14-6-4-3-5-7-14/h3-9,12,19H,10-11H2,1-2H3,(H2,22,28)(H,23,24,26). The largest absolute Gasteiger partial charge is 0.493 e. The summed E-state index contributed by atoms with van der Waals surface area (Å²) in [5.74, 6) is 1.05. The monoisotopic (exact) mass is 406 g/mol. The number of primary amides is 1. The molecule has 1 aliphatic heterocycles. The molecule has 0 bridgehead atoms. The van der Waals surface area contributed by atoms with Gasteiger partial charge < -0.3 is 20.5 Å². The number of amides is 1. The van der Waals surface area contributed by atoms with Crippen LogP contribution in [-0.2, 0) is 11.2 Å². The third-order valence-electron chi connectivity index (χ3n) is 4.97. The molecule has 30 heavy (non-hydrogen) atoms. The number of nitrogens with one attached hydrogen (secondary N) is 1. The molecule has 1 unspecified atom stereocenters. The van der Waals surface area contributed by atoms with Crippen LogP contribution in [0.1, 0.15) is 24.1 Å². The van der Waals surface area contributed by atoms with Gasteiger partial charge >= 0.3 is 0 Å². The molecule has 0 spiro atoms. The van der Waals surface area contributed by atoms with Crippen molar-refractivity contribution in [1.29, 1.82) is 0 Å². The molecule has 9 heteroatoms. The normalized spacial score (nSPS) is 15.3. The van der Waals surface area contributed by atoms with Crippen LogP contribution in [0.15, 0.2) is 59.8 Å². The second-order valence-electron chi connectivity index (χ2n) is 6.87. The first-order chi connectivity index (χ1) is 14.6. The number of methoxy groups -OCH3 is 1. The molecule has 0 saturated heterocycles. The Bertz CT molecular complexity index is 1090. The Morgan fingerprint density at radius 3 is 2.73 bits per heavy atom. The molecule has 0 fully saturated rings. The molecular weight excluding hydrogens is 384 g/mol. The number of rotatable bonds is 7. The molecule has 1 amide bonds. The van der Waals surface area contributed by atoms with Gasteiger partial charge in [-0.2, -0.15) is 4.68 Å². The third-order valence-corrected chi connectivity index (χ3v) is 4.97. The number of fused-ring (bicyclic) bond motifs is 1. The number of ether oxygens (including phenoxy) is 2. The smallest absolute Gasteiger partial charge is 0.248 e. The molecule has 1 aromatic heterocycles. The van der Waals surface area contributed by atoms with E-state index in [1.165, 1.54) is 10.2 Å². The highest BCUT2D eigenvalue weighted by atomic mass is 16.5. The SMILES string of the molecule is COc1cc(C2C(C(N)=O)=C(C)Nc3nnnn32)ccc1OCCc1ccccc1. The van der Waals surface area contributed by atoms with E-state index >= 15 is 0 Å². The van der Waals surface area contributed by atoms with Gasteiger partial charge in [-0.05, 0) is 40.6 Å². The van der Waals surface area contributed by atoms with Crippen molar-refractivity contribution in [1.82, 2.24) is 20.2 Å². The molecule has 3 aromatic rings. The maximum absolute atomic E-state index is 12.2. The number of aromatic nitrogens is 4. The van der Waals surface area contributed by atoms with E-state index in [2.05, 4.69) is 33.0 Å². The van der Waals surface area contributed by atoms with Crippen LogP contribution in [0.2, 0.25) is 0 Å². The number of nitrogens with two attached hydrogens (primary N) is 1. The van der Waals surface area contributed by atoms with Crippen molar-refractivity contribution in [3.05, 3.63) is 70.9 Å². The highest BCUT2D eigenvalue weighted by Crippen LogP contribution is 2.38. The molecule has 154 valence electrons. The quantitative estimate of drug-likeness (QED) is 0.617. The fraction of sp³-hybridized carbons (Fsp3) is 0.238. The summed E-state index contributed by atoms with van der Waals surface area (Å²) < 4.78 is 13.0.